The largest absolute Gasteiger partial charge is 0.328 e. The molecule has 2 nitrogen and oxygen atoms in total. The summed E-state index contributed by atoms with van der Waals surface area (Å²) in [5.74, 6) is 0. The van der Waals surface area contributed by atoms with Crippen LogP contribution in [0.4, 0.5) is 0 Å². The zero-order chi connectivity index (χ0) is 10.8. The van der Waals surface area contributed by atoms with Crippen LogP contribution in [0.2, 0.25) is 0 Å². The molecular formula is C13H16N2. The second-order valence-corrected chi connectivity index (χ2v) is 4.11. The fourth-order valence-electron chi connectivity index (χ4n) is 1.89. The van der Waals surface area contributed by atoms with Crippen LogP contribution < -0.4 is 5.73 Å². The van der Waals surface area contributed by atoms with E-state index in [9.17, 15) is 0 Å². The molecule has 0 fully saturated rings. The molecule has 0 saturated carbocycles. The molecule has 0 spiro atoms. The highest BCUT2D eigenvalue weighted by Crippen LogP contribution is 2.20. The van der Waals surface area contributed by atoms with Crippen LogP contribution in [0.5, 0.6) is 0 Å². The van der Waals surface area contributed by atoms with Gasteiger partial charge in [0.1, 0.15) is 0 Å². The van der Waals surface area contributed by atoms with Crippen molar-refractivity contribution < 1.29 is 0 Å². The van der Waals surface area contributed by atoms with Crippen molar-refractivity contribution in [2.45, 2.75) is 26.3 Å². The van der Waals surface area contributed by atoms with Crippen molar-refractivity contribution in [1.29, 1.82) is 0 Å². The minimum atomic E-state index is 0.156. The molecule has 1 atom stereocenters. The van der Waals surface area contributed by atoms with E-state index in [2.05, 4.69) is 36.2 Å². The van der Waals surface area contributed by atoms with Gasteiger partial charge in [0, 0.05) is 29.7 Å². The molecule has 2 heteroatoms. The van der Waals surface area contributed by atoms with Gasteiger partial charge in [-0.3, -0.25) is 4.98 Å². The molecule has 1 unspecified atom stereocenters. The minimum absolute atomic E-state index is 0.156. The van der Waals surface area contributed by atoms with Crippen molar-refractivity contribution in [2.24, 2.45) is 5.73 Å². The number of pyridine rings is 1. The van der Waals surface area contributed by atoms with Crippen LogP contribution in [0.25, 0.3) is 10.8 Å². The van der Waals surface area contributed by atoms with Gasteiger partial charge in [0.05, 0.1) is 0 Å². The highest BCUT2D eigenvalue weighted by atomic mass is 14.7. The summed E-state index contributed by atoms with van der Waals surface area (Å²) < 4.78 is 0. The summed E-state index contributed by atoms with van der Waals surface area (Å²) in [6.45, 7) is 4.13. The molecule has 0 bridgehead atoms. The highest BCUT2D eigenvalue weighted by molar-refractivity contribution is 5.87. The highest BCUT2D eigenvalue weighted by Gasteiger charge is 2.05. The Bertz CT molecular complexity index is 475. The van der Waals surface area contributed by atoms with Gasteiger partial charge in [0.15, 0.2) is 0 Å². The molecule has 0 aliphatic rings. The average Bonchev–Trinajstić information content (AvgIpc) is 2.19. The van der Waals surface area contributed by atoms with Gasteiger partial charge < -0.3 is 5.73 Å². The summed E-state index contributed by atoms with van der Waals surface area (Å²) in [5, 5.41) is 2.51. The Balaban J connectivity index is 2.61. The molecule has 0 aliphatic heterocycles. The van der Waals surface area contributed by atoms with Crippen molar-refractivity contribution in [3.63, 3.8) is 0 Å². The van der Waals surface area contributed by atoms with Crippen LogP contribution in [-0.2, 0) is 6.42 Å². The summed E-state index contributed by atoms with van der Waals surface area (Å²) in [6.07, 6.45) is 2.70. The van der Waals surface area contributed by atoms with Crippen molar-refractivity contribution in [2.75, 3.05) is 0 Å². The number of aryl methyl sites for hydroxylation is 1. The van der Waals surface area contributed by atoms with Gasteiger partial charge in [-0.2, -0.15) is 0 Å². The maximum Gasteiger partial charge on any atom is 0.0497 e. The van der Waals surface area contributed by atoms with Crippen molar-refractivity contribution in [3.05, 3.63) is 41.7 Å². The van der Waals surface area contributed by atoms with Gasteiger partial charge >= 0.3 is 0 Å². The van der Waals surface area contributed by atoms with Crippen LogP contribution in [0.15, 0.2) is 30.5 Å². The number of hydrogen-bond acceptors (Lipinski definition) is 2. The summed E-state index contributed by atoms with van der Waals surface area (Å²) >= 11 is 0. The molecule has 0 radical (unpaired) electrons. The molecule has 1 aromatic carbocycles. The number of fused-ring (bicyclic) bond motifs is 1. The molecular weight excluding hydrogens is 184 g/mol. The number of benzene rings is 1. The van der Waals surface area contributed by atoms with E-state index in [1.807, 2.05) is 13.1 Å². The van der Waals surface area contributed by atoms with Gasteiger partial charge in [-0.1, -0.05) is 18.2 Å². The molecule has 2 N–H and O–H groups in total. The zero-order valence-corrected chi connectivity index (χ0v) is 9.20. The molecule has 78 valence electrons. The molecule has 1 heterocycles. The molecule has 2 aromatic rings. The SMILES string of the molecule is Cc1cccc2c(CC(C)N)nccc12. The number of hydrogen-bond donors (Lipinski definition) is 1. The molecule has 15 heavy (non-hydrogen) atoms. The monoisotopic (exact) mass is 200 g/mol. The maximum absolute atomic E-state index is 5.81. The number of nitrogens with zero attached hydrogens (tertiary/aromatic N) is 1. The molecule has 0 amide bonds. The average molecular weight is 200 g/mol. The first-order valence-corrected chi connectivity index (χ1v) is 5.27. The van der Waals surface area contributed by atoms with Gasteiger partial charge in [0.2, 0.25) is 0 Å². The second kappa shape index (κ2) is 3.99. The Hall–Kier alpha value is -1.41. The van der Waals surface area contributed by atoms with Gasteiger partial charge in [-0.25, -0.2) is 0 Å². The first-order chi connectivity index (χ1) is 7.18. The Labute approximate surface area is 90.1 Å². The Morgan fingerprint density at radius 2 is 2.07 bits per heavy atom. The third-order valence-electron chi connectivity index (χ3n) is 2.62. The Morgan fingerprint density at radius 1 is 1.27 bits per heavy atom. The van der Waals surface area contributed by atoms with Crippen LogP contribution in [0.1, 0.15) is 18.2 Å². The lowest BCUT2D eigenvalue weighted by molar-refractivity contribution is 0.727. The van der Waals surface area contributed by atoms with Crippen LogP contribution >= 0.6 is 0 Å². The molecule has 0 saturated heterocycles. The maximum atomic E-state index is 5.81. The Kier molecular flexibility index (Phi) is 2.69. The lowest BCUT2D eigenvalue weighted by atomic mass is 10.0. The molecule has 2 rings (SSSR count). The Morgan fingerprint density at radius 3 is 2.80 bits per heavy atom. The fourth-order valence-corrected chi connectivity index (χ4v) is 1.89. The topological polar surface area (TPSA) is 38.9 Å². The second-order valence-electron chi connectivity index (χ2n) is 4.11. The third kappa shape index (κ3) is 2.00. The summed E-state index contributed by atoms with van der Waals surface area (Å²) in [7, 11) is 0. The van der Waals surface area contributed by atoms with Crippen molar-refractivity contribution in [3.8, 4) is 0 Å². The van der Waals surface area contributed by atoms with Gasteiger partial charge in [-0.15, -0.1) is 0 Å². The third-order valence-corrected chi connectivity index (χ3v) is 2.62. The van der Waals surface area contributed by atoms with Gasteiger partial charge in [-0.05, 0) is 30.9 Å². The summed E-state index contributed by atoms with van der Waals surface area (Å²) in [5.41, 5.74) is 8.21. The van der Waals surface area contributed by atoms with Crippen LogP contribution in [0.3, 0.4) is 0 Å². The molecule has 0 aliphatic carbocycles. The number of nitrogens with two attached hydrogens (primary N) is 1. The normalized spacial score (nSPS) is 13.0. The van der Waals surface area contributed by atoms with E-state index < -0.39 is 0 Å². The standard InChI is InChI=1S/C13H16N2/c1-9-4-3-5-12-11(9)6-7-15-13(12)8-10(2)14/h3-7,10H,8,14H2,1-2H3. The van der Waals surface area contributed by atoms with E-state index in [0.717, 1.165) is 12.1 Å². The van der Waals surface area contributed by atoms with Crippen LogP contribution in [-0.4, -0.2) is 11.0 Å². The van der Waals surface area contributed by atoms with E-state index >= 15 is 0 Å². The summed E-state index contributed by atoms with van der Waals surface area (Å²) in [6, 6.07) is 8.54. The van der Waals surface area contributed by atoms with E-state index in [4.69, 9.17) is 5.73 Å². The fraction of sp³-hybridized carbons (Fsp3) is 0.308. The zero-order valence-electron chi connectivity index (χ0n) is 9.20. The number of rotatable bonds is 2. The minimum Gasteiger partial charge on any atom is -0.328 e. The predicted octanol–water partition coefficient (Wildman–Crippen LogP) is 2.43. The quantitative estimate of drug-likeness (QED) is 0.808. The van der Waals surface area contributed by atoms with Crippen molar-refractivity contribution in [1.82, 2.24) is 4.98 Å². The van der Waals surface area contributed by atoms with E-state index in [1.165, 1.54) is 16.3 Å². The summed E-state index contributed by atoms with van der Waals surface area (Å²) in [4.78, 5) is 4.41. The van der Waals surface area contributed by atoms with Crippen LogP contribution in [0, 0.1) is 6.92 Å². The van der Waals surface area contributed by atoms with E-state index in [1.54, 1.807) is 0 Å². The van der Waals surface area contributed by atoms with Crippen molar-refractivity contribution >= 4 is 10.8 Å². The first kappa shape index (κ1) is 10.1. The predicted molar refractivity (Wildman–Crippen MR) is 63.8 cm³/mol. The lowest BCUT2D eigenvalue weighted by Crippen LogP contribution is -2.18. The van der Waals surface area contributed by atoms with Gasteiger partial charge in [0.25, 0.3) is 0 Å². The number of aromatic nitrogens is 1. The lowest BCUT2D eigenvalue weighted by Gasteiger charge is -2.09. The van der Waals surface area contributed by atoms with E-state index in [0.29, 0.717) is 0 Å². The molecule has 1 aromatic heterocycles. The smallest absolute Gasteiger partial charge is 0.0497 e. The van der Waals surface area contributed by atoms with E-state index in [-0.39, 0.29) is 6.04 Å². The first-order valence-electron chi connectivity index (χ1n) is 5.27.